The second kappa shape index (κ2) is 5.46. The molecule has 0 spiro atoms. The first-order chi connectivity index (χ1) is 8.29. The third-order valence-electron chi connectivity index (χ3n) is 2.72. The summed E-state index contributed by atoms with van der Waals surface area (Å²) in [5.41, 5.74) is 10.1. The van der Waals surface area contributed by atoms with Crippen molar-refractivity contribution >= 4 is 5.69 Å². The number of rotatable bonds is 4. The van der Waals surface area contributed by atoms with Crippen molar-refractivity contribution in [2.75, 3.05) is 5.32 Å². The van der Waals surface area contributed by atoms with E-state index < -0.39 is 0 Å². The maximum Gasteiger partial charge on any atom is 0.0597 e. The molecule has 3 nitrogen and oxygen atoms in total. The Bertz CT molecular complexity index is 494. The smallest absolute Gasteiger partial charge is 0.0597 e. The highest BCUT2D eigenvalue weighted by molar-refractivity contribution is 5.50. The topological polar surface area (TPSA) is 50.9 Å². The summed E-state index contributed by atoms with van der Waals surface area (Å²) in [7, 11) is 0. The van der Waals surface area contributed by atoms with Crippen LogP contribution in [-0.2, 0) is 13.1 Å². The molecule has 0 aliphatic rings. The van der Waals surface area contributed by atoms with Crippen molar-refractivity contribution in [3.05, 3.63) is 59.4 Å². The molecule has 0 saturated heterocycles. The van der Waals surface area contributed by atoms with Gasteiger partial charge in [0.15, 0.2) is 0 Å². The van der Waals surface area contributed by atoms with E-state index in [1.54, 1.807) is 6.20 Å². The van der Waals surface area contributed by atoms with Gasteiger partial charge < -0.3 is 11.1 Å². The normalized spacial score (nSPS) is 10.2. The Hall–Kier alpha value is -1.87. The summed E-state index contributed by atoms with van der Waals surface area (Å²) in [6, 6.07) is 12.2. The van der Waals surface area contributed by atoms with Crippen LogP contribution in [0.2, 0.25) is 0 Å². The van der Waals surface area contributed by atoms with Gasteiger partial charge in [0, 0.05) is 18.4 Å². The minimum Gasteiger partial charge on any atom is -0.379 e. The number of hydrogen-bond acceptors (Lipinski definition) is 3. The molecule has 0 amide bonds. The molecule has 1 aromatic heterocycles. The van der Waals surface area contributed by atoms with Gasteiger partial charge in [-0.05, 0) is 36.2 Å². The number of hydrogen-bond donors (Lipinski definition) is 2. The molecule has 1 heterocycles. The van der Waals surface area contributed by atoms with Crippen molar-refractivity contribution < 1.29 is 0 Å². The Labute approximate surface area is 102 Å². The van der Waals surface area contributed by atoms with E-state index in [1.165, 1.54) is 5.56 Å². The van der Waals surface area contributed by atoms with E-state index in [0.29, 0.717) is 6.54 Å². The number of anilines is 1. The molecule has 2 aromatic rings. The standard InChI is InChI=1S/C14H17N3/c1-11-4-2-3-5-14(11)17-10-13-8-12(9-15)6-7-16-13/h2-8,17H,9-10,15H2,1H3. The summed E-state index contributed by atoms with van der Waals surface area (Å²) >= 11 is 0. The Balaban J connectivity index is 2.05. The van der Waals surface area contributed by atoms with Crippen LogP contribution >= 0.6 is 0 Å². The molecule has 0 bridgehead atoms. The van der Waals surface area contributed by atoms with Crippen LogP contribution < -0.4 is 11.1 Å². The lowest BCUT2D eigenvalue weighted by Crippen LogP contribution is -2.04. The van der Waals surface area contributed by atoms with Gasteiger partial charge in [-0.15, -0.1) is 0 Å². The summed E-state index contributed by atoms with van der Waals surface area (Å²) in [4.78, 5) is 4.31. The van der Waals surface area contributed by atoms with Crippen LogP contribution in [0.5, 0.6) is 0 Å². The summed E-state index contributed by atoms with van der Waals surface area (Å²) < 4.78 is 0. The maximum atomic E-state index is 5.60. The third-order valence-corrected chi connectivity index (χ3v) is 2.72. The van der Waals surface area contributed by atoms with Gasteiger partial charge in [0.1, 0.15) is 0 Å². The molecule has 3 N–H and O–H groups in total. The number of para-hydroxylation sites is 1. The van der Waals surface area contributed by atoms with Gasteiger partial charge in [-0.2, -0.15) is 0 Å². The number of aromatic nitrogens is 1. The van der Waals surface area contributed by atoms with Gasteiger partial charge in [-0.25, -0.2) is 0 Å². The highest BCUT2D eigenvalue weighted by Gasteiger charge is 1.98. The van der Waals surface area contributed by atoms with Crippen molar-refractivity contribution in [1.29, 1.82) is 0 Å². The van der Waals surface area contributed by atoms with Crippen LogP contribution in [0.3, 0.4) is 0 Å². The highest BCUT2D eigenvalue weighted by atomic mass is 14.9. The van der Waals surface area contributed by atoms with Crippen LogP contribution in [0.25, 0.3) is 0 Å². The van der Waals surface area contributed by atoms with Crippen molar-refractivity contribution in [3.8, 4) is 0 Å². The molecular formula is C14H17N3. The Morgan fingerprint density at radius 1 is 1.24 bits per heavy atom. The second-order valence-corrected chi connectivity index (χ2v) is 4.03. The summed E-state index contributed by atoms with van der Waals surface area (Å²) in [6.07, 6.45) is 1.80. The van der Waals surface area contributed by atoms with Gasteiger partial charge in [-0.3, -0.25) is 4.98 Å². The van der Waals surface area contributed by atoms with E-state index in [4.69, 9.17) is 5.73 Å². The van der Waals surface area contributed by atoms with Crippen LogP contribution in [0.1, 0.15) is 16.8 Å². The lowest BCUT2D eigenvalue weighted by Gasteiger charge is -2.09. The predicted molar refractivity (Wildman–Crippen MR) is 70.6 cm³/mol. The predicted octanol–water partition coefficient (Wildman–Crippen LogP) is 2.46. The largest absolute Gasteiger partial charge is 0.379 e. The lowest BCUT2D eigenvalue weighted by molar-refractivity contribution is 0.995. The molecule has 0 aliphatic carbocycles. The molecule has 2 rings (SSSR count). The van der Waals surface area contributed by atoms with Gasteiger partial charge >= 0.3 is 0 Å². The summed E-state index contributed by atoms with van der Waals surface area (Å²) in [6.45, 7) is 3.37. The van der Waals surface area contributed by atoms with Gasteiger partial charge in [-0.1, -0.05) is 18.2 Å². The van der Waals surface area contributed by atoms with Gasteiger partial charge in [0.05, 0.1) is 12.2 Å². The molecule has 0 aliphatic heterocycles. The molecule has 0 fully saturated rings. The van der Waals surface area contributed by atoms with Gasteiger partial charge in [0.2, 0.25) is 0 Å². The molecule has 3 heteroatoms. The van der Waals surface area contributed by atoms with E-state index in [-0.39, 0.29) is 0 Å². The van der Waals surface area contributed by atoms with Crippen LogP contribution in [-0.4, -0.2) is 4.98 Å². The monoisotopic (exact) mass is 227 g/mol. The molecule has 0 atom stereocenters. The van der Waals surface area contributed by atoms with E-state index in [2.05, 4.69) is 29.4 Å². The number of aryl methyl sites for hydroxylation is 1. The van der Waals surface area contributed by atoms with Crippen LogP contribution in [0.4, 0.5) is 5.69 Å². The molecule has 1 aromatic carbocycles. The number of nitrogens with two attached hydrogens (primary N) is 1. The Morgan fingerprint density at radius 3 is 2.82 bits per heavy atom. The van der Waals surface area contributed by atoms with Gasteiger partial charge in [0.25, 0.3) is 0 Å². The lowest BCUT2D eigenvalue weighted by atomic mass is 10.2. The van der Waals surface area contributed by atoms with Crippen molar-refractivity contribution in [1.82, 2.24) is 4.98 Å². The quantitative estimate of drug-likeness (QED) is 0.843. The van der Waals surface area contributed by atoms with Crippen molar-refractivity contribution in [3.63, 3.8) is 0 Å². The molecule has 0 unspecified atom stereocenters. The van der Waals surface area contributed by atoms with E-state index in [1.807, 2.05) is 24.3 Å². The van der Waals surface area contributed by atoms with Crippen molar-refractivity contribution in [2.24, 2.45) is 5.73 Å². The first-order valence-electron chi connectivity index (χ1n) is 5.73. The Morgan fingerprint density at radius 2 is 2.06 bits per heavy atom. The minimum atomic E-state index is 0.555. The van der Waals surface area contributed by atoms with E-state index in [9.17, 15) is 0 Å². The second-order valence-electron chi connectivity index (χ2n) is 4.03. The number of nitrogens with one attached hydrogen (secondary N) is 1. The maximum absolute atomic E-state index is 5.60. The minimum absolute atomic E-state index is 0.555. The zero-order valence-electron chi connectivity index (χ0n) is 9.98. The number of pyridine rings is 1. The first kappa shape index (κ1) is 11.6. The molecular weight excluding hydrogens is 210 g/mol. The van der Waals surface area contributed by atoms with Crippen LogP contribution in [0, 0.1) is 6.92 Å². The average Bonchev–Trinajstić information content (AvgIpc) is 2.38. The molecule has 0 saturated carbocycles. The third kappa shape index (κ3) is 3.04. The molecule has 0 radical (unpaired) electrons. The fourth-order valence-electron chi connectivity index (χ4n) is 1.71. The summed E-state index contributed by atoms with van der Waals surface area (Å²) in [5.74, 6) is 0. The zero-order valence-corrected chi connectivity index (χ0v) is 9.98. The number of benzene rings is 1. The van der Waals surface area contributed by atoms with E-state index >= 15 is 0 Å². The van der Waals surface area contributed by atoms with E-state index in [0.717, 1.165) is 23.5 Å². The fraction of sp³-hybridized carbons (Fsp3) is 0.214. The zero-order chi connectivity index (χ0) is 12.1. The SMILES string of the molecule is Cc1ccccc1NCc1cc(CN)ccn1. The highest BCUT2D eigenvalue weighted by Crippen LogP contribution is 2.14. The first-order valence-corrected chi connectivity index (χ1v) is 5.73. The van der Waals surface area contributed by atoms with Crippen LogP contribution in [0.15, 0.2) is 42.6 Å². The number of nitrogens with zero attached hydrogens (tertiary/aromatic N) is 1. The molecule has 17 heavy (non-hydrogen) atoms. The fourth-order valence-corrected chi connectivity index (χ4v) is 1.71. The summed E-state index contributed by atoms with van der Waals surface area (Å²) in [5, 5.41) is 3.38. The molecule has 88 valence electrons. The Kier molecular flexibility index (Phi) is 3.73. The van der Waals surface area contributed by atoms with Crippen molar-refractivity contribution in [2.45, 2.75) is 20.0 Å². The average molecular weight is 227 g/mol.